The second-order valence-electron chi connectivity index (χ2n) is 7.43. The number of carboxylic acid groups (broad SMARTS) is 1. The lowest BCUT2D eigenvalue weighted by Crippen LogP contribution is -2.01. The van der Waals surface area contributed by atoms with Crippen LogP contribution in [0.25, 0.3) is 6.08 Å². The van der Waals surface area contributed by atoms with Crippen LogP contribution in [0.1, 0.15) is 74.6 Å². The Hall–Kier alpha value is -2.51. The molecule has 0 aliphatic carbocycles. The maximum absolute atomic E-state index is 10.5. The van der Waals surface area contributed by atoms with Crippen molar-refractivity contribution in [3.8, 4) is 11.8 Å². The lowest BCUT2D eigenvalue weighted by Gasteiger charge is -2.07. The van der Waals surface area contributed by atoms with E-state index >= 15 is 0 Å². The van der Waals surface area contributed by atoms with E-state index in [1.54, 1.807) is 17.4 Å². The normalized spacial score (nSPS) is 10.7. The standard InChI is InChI=1S/C26H33NO2S/c28-26(29)20-17-23-15-18-24(19-16-23)27-21-11-9-7-5-3-1-2-4-6-8-10-13-25-14-12-22-30-25/h12,14-20,22,27H,1-9,11,21H2,(H,28,29). The summed E-state index contributed by atoms with van der Waals surface area (Å²) in [5.41, 5.74) is 1.98. The van der Waals surface area contributed by atoms with Crippen LogP contribution in [-0.4, -0.2) is 17.6 Å². The highest BCUT2D eigenvalue weighted by atomic mass is 32.1. The van der Waals surface area contributed by atoms with E-state index in [4.69, 9.17) is 5.11 Å². The van der Waals surface area contributed by atoms with Gasteiger partial charge in [0.1, 0.15) is 0 Å². The number of hydrogen-bond donors (Lipinski definition) is 2. The molecule has 1 heterocycles. The van der Waals surface area contributed by atoms with Gasteiger partial charge in [-0.1, -0.05) is 75.0 Å². The average Bonchev–Trinajstić information content (AvgIpc) is 3.27. The van der Waals surface area contributed by atoms with Crippen LogP contribution in [0.5, 0.6) is 0 Å². The zero-order chi connectivity index (χ0) is 21.3. The SMILES string of the molecule is O=C(O)C=Cc1ccc(NCCCCCCCCCCCC#Cc2cccs2)cc1. The Balaban J connectivity index is 1.37. The van der Waals surface area contributed by atoms with Crippen LogP contribution in [0.2, 0.25) is 0 Å². The number of unbranched alkanes of at least 4 members (excludes halogenated alkanes) is 9. The number of anilines is 1. The van der Waals surface area contributed by atoms with Gasteiger partial charge in [0.15, 0.2) is 0 Å². The van der Waals surface area contributed by atoms with Gasteiger partial charge in [-0.3, -0.25) is 0 Å². The maximum atomic E-state index is 10.5. The number of nitrogens with one attached hydrogen (secondary N) is 1. The quantitative estimate of drug-likeness (QED) is 0.192. The zero-order valence-electron chi connectivity index (χ0n) is 17.7. The summed E-state index contributed by atoms with van der Waals surface area (Å²) in [6.07, 6.45) is 15.4. The second kappa shape index (κ2) is 15.3. The summed E-state index contributed by atoms with van der Waals surface area (Å²) in [7, 11) is 0. The van der Waals surface area contributed by atoms with Gasteiger partial charge < -0.3 is 10.4 Å². The number of rotatable bonds is 14. The Morgan fingerprint density at radius 3 is 2.23 bits per heavy atom. The molecule has 2 rings (SSSR count). The van der Waals surface area contributed by atoms with Crippen molar-refractivity contribution in [3.63, 3.8) is 0 Å². The van der Waals surface area contributed by atoms with E-state index in [9.17, 15) is 4.79 Å². The average molecular weight is 424 g/mol. The predicted molar refractivity (Wildman–Crippen MR) is 129 cm³/mol. The topological polar surface area (TPSA) is 49.3 Å². The van der Waals surface area contributed by atoms with Crippen molar-refractivity contribution in [3.05, 3.63) is 58.3 Å². The van der Waals surface area contributed by atoms with Gasteiger partial charge in [-0.15, -0.1) is 11.3 Å². The van der Waals surface area contributed by atoms with Crippen molar-refractivity contribution in [2.24, 2.45) is 0 Å². The molecule has 0 bridgehead atoms. The van der Waals surface area contributed by atoms with Crippen molar-refractivity contribution in [1.29, 1.82) is 0 Å². The fourth-order valence-electron chi connectivity index (χ4n) is 3.19. The third-order valence-corrected chi connectivity index (χ3v) is 5.65. The van der Waals surface area contributed by atoms with Gasteiger partial charge in [-0.05, 0) is 48.1 Å². The molecule has 160 valence electrons. The molecular formula is C26H33NO2S. The highest BCUT2D eigenvalue weighted by molar-refractivity contribution is 7.10. The van der Waals surface area contributed by atoms with E-state index in [1.165, 1.54) is 62.7 Å². The summed E-state index contributed by atoms with van der Waals surface area (Å²) in [5.74, 6) is 5.57. The summed E-state index contributed by atoms with van der Waals surface area (Å²) in [5, 5.41) is 14.1. The molecule has 0 aliphatic rings. The number of carbonyl (C=O) groups is 1. The molecule has 4 heteroatoms. The lowest BCUT2D eigenvalue weighted by atomic mass is 10.1. The summed E-state index contributed by atoms with van der Waals surface area (Å²) in [4.78, 5) is 11.7. The third kappa shape index (κ3) is 11.5. The molecule has 0 unspecified atom stereocenters. The molecule has 0 fully saturated rings. The van der Waals surface area contributed by atoms with E-state index < -0.39 is 5.97 Å². The monoisotopic (exact) mass is 423 g/mol. The van der Waals surface area contributed by atoms with E-state index in [-0.39, 0.29) is 0 Å². The van der Waals surface area contributed by atoms with Gasteiger partial charge in [0.2, 0.25) is 0 Å². The maximum Gasteiger partial charge on any atom is 0.328 e. The number of benzene rings is 1. The molecule has 0 radical (unpaired) electrons. The van der Waals surface area contributed by atoms with Crippen LogP contribution in [0.4, 0.5) is 5.69 Å². The molecule has 0 spiro atoms. The fraction of sp³-hybridized carbons (Fsp3) is 0.423. The van der Waals surface area contributed by atoms with Gasteiger partial charge in [-0.25, -0.2) is 4.79 Å². The van der Waals surface area contributed by atoms with Gasteiger partial charge in [0, 0.05) is 24.7 Å². The predicted octanol–water partition coefficient (Wildman–Crippen LogP) is 7.21. The first-order valence-corrected chi connectivity index (χ1v) is 11.9. The molecule has 0 atom stereocenters. The molecular weight excluding hydrogens is 390 g/mol. The van der Waals surface area contributed by atoms with Crippen LogP contribution < -0.4 is 5.32 Å². The lowest BCUT2D eigenvalue weighted by molar-refractivity contribution is -0.131. The molecule has 3 nitrogen and oxygen atoms in total. The van der Waals surface area contributed by atoms with Gasteiger partial charge >= 0.3 is 5.97 Å². The summed E-state index contributed by atoms with van der Waals surface area (Å²) >= 11 is 1.71. The number of hydrogen-bond acceptors (Lipinski definition) is 3. The molecule has 0 saturated carbocycles. The third-order valence-electron chi connectivity index (χ3n) is 4.87. The Morgan fingerprint density at radius 1 is 0.933 bits per heavy atom. The first-order chi connectivity index (χ1) is 14.7. The molecule has 0 aliphatic heterocycles. The van der Waals surface area contributed by atoms with Crippen LogP contribution in [0.15, 0.2) is 47.9 Å². The van der Waals surface area contributed by atoms with Gasteiger partial charge in [-0.2, -0.15) is 0 Å². The highest BCUT2D eigenvalue weighted by Gasteiger charge is 1.95. The Labute approximate surface area is 185 Å². The molecule has 30 heavy (non-hydrogen) atoms. The second-order valence-corrected chi connectivity index (χ2v) is 8.38. The van der Waals surface area contributed by atoms with E-state index in [1.807, 2.05) is 24.3 Å². The summed E-state index contributed by atoms with van der Waals surface area (Å²) in [6, 6.07) is 12.0. The minimum Gasteiger partial charge on any atom is -0.478 e. The van der Waals surface area contributed by atoms with Crippen molar-refractivity contribution < 1.29 is 9.90 Å². The molecule has 2 aromatic rings. The first kappa shape index (κ1) is 23.8. The fourth-order valence-corrected chi connectivity index (χ4v) is 3.78. The summed E-state index contributed by atoms with van der Waals surface area (Å²) < 4.78 is 0. The Bertz CT molecular complexity index is 798. The summed E-state index contributed by atoms with van der Waals surface area (Å²) in [6.45, 7) is 0.983. The van der Waals surface area contributed by atoms with Gasteiger partial charge in [0.25, 0.3) is 0 Å². The Kier molecular flexibility index (Phi) is 12.2. The Morgan fingerprint density at radius 2 is 1.60 bits per heavy atom. The van der Waals surface area contributed by atoms with Gasteiger partial charge in [0.05, 0.1) is 4.88 Å². The van der Waals surface area contributed by atoms with Crippen LogP contribution in [-0.2, 0) is 4.79 Å². The van der Waals surface area contributed by atoms with Crippen LogP contribution in [0.3, 0.4) is 0 Å². The number of thiophene rings is 1. The van der Waals surface area contributed by atoms with Crippen molar-refractivity contribution in [1.82, 2.24) is 0 Å². The minimum absolute atomic E-state index is 0.897. The van der Waals surface area contributed by atoms with Crippen molar-refractivity contribution in [2.75, 3.05) is 11.9 Å². The molecule has 1 aromatic heterocycles. The number of aliphatic carboxylic acids is 1. The molecule has 1 aromatic carbocycles. The number of carboxylic acids is 1. The van der Waals surface area contributed by atoms with E-state index in [0.717, 1.165) is 30.3 Å². The zero-order valence-corrected chi connectivity index (χ0v) is 18.6. The minimum atomic E-state index is -0.924. The first-order valence-electron chi connectivity index (χ1n) is 11.0. The molecule has 0 saturated heterocycles. The smallest absolute Gasteiger partial charge is 0.328 e. The largest absolute Gasteiger partial charge is 0.478 e. The highest BCUT2D eigenvalue weighted by Crippen LogP contribution is 2.13. The van der Waals surface area contributed by atoms with E-state index in [0.29, 0.717) is 0 Å². The van der Waals surface area contributed by atoms with Crippen molar-refractivity contribution >= 4 is 29.1 Å². The molecule has 0 amide bonds. The van der Waals surface area contributed by atoms with Crippen molar-refractivity contribution in [2.45, 2.75) is 64.2 Å². The van der Waals surface area contributed by atoms with E-state index in [2.05, 4.69) is 34.7 Å². The van der Waals surface area contributed by atoms with Crippen LogP contribution in [0, 0.1) is 11.8 Å². The molecule has 2 N–H and O–H groups in total. The van der Waals surface area contributed by atoms with Crippen LogP contribution >= 0.6 is 11.3 Å².